The van der Waals surface area contributed by atoms with Crippen LogP contribution in [0.3, 0.4) is 0 Å². The molecule has 9 heteroatoms. The standard InChI is InChI=1S/C20H21N3O5S/c1-14-3-8-18(11-15(14)2)29(26,27)22-12-20(25)28-13-19(24)23-17-6-4-16(5-7-17)9-10-21/h3-8,11,22H,9,12-13H2,1-2H3,(H,23,24). The van der Waals surface area contributed by atoms with Gasteiger partial charge < -0.3 is 10.1 Å². The van der Waals surface area contributed by atoms with Crippen LogP contribution in [0.4, 0.5) is 5.69 Å². The van der Waals surface area contributed by atoms with Gasteiger partial charge in [0.15, 0.2) is 6.61 Å². The molecule has 2 aromatic carbocycles. The zero-order valence-corrected chi connectivity index (χ0v) is 16.9. The van der Waals surface area contributed by atoms with Crippen molar-refractivity contribution in [1.82, 2.24) is 4.72 Å². The minimum Gasteiger partial charge on any atom is -0.455 e. The van der Waals surface area contributed by atoms with Crippen LogP contribution in [-0.2, 0) is 30.8 Å². The van der Waals surface area contributed by atoms with Crippen LogP contribution in [0.5, 0.6) is 0 Å². The highest BCUT2D eigenvalue weighted by Crippen LogP contribution is 2.14. The second-order valence-electron chi connectivity index (χ2n) is 6.31. The minimum absolute atomic E-state index is 0.0472. The Hall–Kier alpha value is -3.22. The third kappa shape index (κ3) is 6.71. The van der Waals surface area contributed by atoms with Gasteiger partial charge >= 0.3 is 5.97 Å². The van der Waals surface area contributed by atoms with Crippen molar-refractivity contribution in [3.05, 3.63) is 59.2 Å². The number of benzene rings is 2. The van der Waals surface area contributed by atoms with Gasteiger partial charge in [-0.05, 0) is 54.8 Å². The summed E-state index contributed by atoms with van der Waals surface area (Å²) < 4.78 is 31.4. The second-order valence-corrected chi connectivity index (χ2v) is 8.08. The monoisotopic (exact) mass is 415 g/mol. The first-order chi connectivity index (χ1) is 13.7. The molecule has 2 rings (SSSR count). The molecule has 0 aliphatic carbocycles. The van der Waals surface area contributed by atoms with E-state index in [1.54, 1.807) is 37.3 Å². The van der Waals surface area contributed by atoms with Crippen molar-refractivity contribution in [3.8, 4) is 6.07 Å². The maximum Gasteiger partial charge on any atom is 0.321 e. The summed E-state index contributed by atoms with van der Waals surface area (Å²) in [5.74, 6) is -1.44. The SMILES string of the molecule is Cc1ccc(S(=O)(=O)NCC(=O)OCC(=O)Nc2ccc(CC#N)cc2)cc1C. The Balaban J connectivity index is 1.80. The molecular weight excluding hydrogens is 394 g/mol. The molecule has 0 unspecified atom stereocenters. The number of carbonyl (C=O) groups is 2. The summed E-state index contributed by atoms with van der Waals surface area (Å²) in [6, 6.07) is 13.3. The number of ether oxygens (including phenoxy) is 1. The van der Waals surface area contributed by atoms with Crippen LogP contribution in [0.1, 0.15) is 16.7 Å². The average Bonchev–Trinajstić information content (AvgIpc) is 2.68. The van der Waals surface area contributed by atoms with Crippen molar-refractivity contribution in [1.29, 1.82) is 5.26 Å². The van der Waals surface area contributed by atoms with Crippen LogP contribution in [0.2, 0.25) is 0 Å². The van der Waals surface area contributed by atoms with Crippen LogP contribution in [0.15, 0.2) is 47.4 Å². The van der Waals surface area contributed by atoms with E-state index >= 15 is 0 Å². The molecule has 8 nitrogen and oxygen atoms in total. The van der Waals surface area contributed by atoms with Gasteiger partial charge in [0.05, 0.1) is 17.4 Å². The number of carbonyl (C=O) groups excluding carboxylic acids is 2. The van der Waals surface area contributed by atoms with Gasteiger partial charge in [-0.2, -0.15) is 9.98 Å². The largest absolute Gasteiger partial charge is 0.455 e. The van der Waals surface area contributed by atoms with Gasteiger partial charge in [0.1, 0.15) is 6.54 Å². The van der Waals surface area contributed by atoms with Gasteiger partial charge in [-0.1, -0.05) is 18.2 Å². The van der Waals surface area contributed by atoms with Gasteiger partial charge in [0.25, 0.3) is 5.91 Å². The highest BCUT2D eigenvalue weighted by Gasteiger charge is 2.17. The van der Waals surface area contributed by atoms with E-state index in [2.05, 4.69) is 10.0 Å². The van der Waals surface area contributed by atoms with Crippen molar-refractivity contribution in [2.45, 2.75) is 25.2 Å². The quantitative estimate of drug-likeness (QED) is 0.634. The first-order valence-corrected chi connectivity index (χ1v) is 10.2. The first-order valence-electron chi connectivity index (χ1n) is 8.69. The fraction of sp³-hybridized carbons (Fsp3) is 0.250. The molecule has 1 amide bonds. The Kier molecular flexibility index (Phi) is 7.47. The summed E-state index contributed by atoms with van der Waals surface area (Å²) in [5, 5.41) is 11.2. The maximum absolute atomic E-state index is 12.2. The number of nitrogens with one attached hydrogen (secondary N) is 2. The number of hydrogen-bond acceptors (Lipinski definition) is 6. The Bertz CT molecular complexity index is 1040. The Morgan fingerprint density at radius 3 is 2.38 bits per heavy atom. The third-order valence-electron chi connectivity index (χ3n) is 4.08. The van der Waals surface area contributed by atoms with E-state index in [-0.39, 0.29) is 11.3 Å². The van der Waals surface area contributed by atoms with Crippen molar-refractivity contribution in [3.63, 3.8) is 0 Å². The Morgan fingerprint density at radius 1 is 1.07 bits per heavy atom. The number of nitrogens with zero attached hydrogens (tertiary/aromatic N) is 1. The molecule has 0 atom stereocenters. The Morgan fingerprint density at radius 2 is 1.76 bits per heavy atom. The molecule has 0 saturated carbocycles. The number of sulfonamides is 1. The summed E-state index contributed by atoms with van der Waals surface area (Å²) in [6.07, 6.45) is 0.268. The molecule has 0 aliphatic rings. The summed E-state index contributed by atoms with van der Waals surface area (Å²) in [4.78, 5) is 23.6. The average molecular weight is 415 g/mol. The lowest BCUT2D eigenvalue weighted by Gasteiger charge is -2.09. The number of hydrogen-bond donors (Lipinski definition) is 2. The smallest absolute Gasteiger partial charge is 0.321 e. The molecule has 0 aromatic heterocycles. The summed E-state index contributed by atoms with van der Waals surface area (Å²) in [7, 11) is -3.86. The zero-order valence-electron chi connectivity index (χ0n) is 16.1. The van der Waals surface area contributed by atoms with E-state index in [4.69, 9.17) is 10.00 Å². The lowest BCUT2D eigenvalue weighted by atomic mass is 10.1. The van der Waals surface area contributed by atoms with E-state index in [9.17, 15) is 18.0 Å². The number of rotatable bonds is 8. The zero-order chi connectivity index (χ0) is 21.4. The van der Waals surface area contributed by atoms with Gasteiger partial charge in [-0.15, -0.1) is 0 Å². The normalized spacial score (nSPS) is 10.8. The van der Waals surface area contributed by atoms with E-state index < -0.39 is 35.1 Å². The van der Waals surface area contributed by atoms with E-state index in [1.807, 2.05) is 13.0 Å². The fourth-order valence-corrected chi connectivity index (χ4v) is 3.36. The first kappa shape index (κ1) is 22.1. The van der Waals surface area contributed by atoms with Gasteiger partial charge in [-0.25, -0.2) is 8.42 Å². The summed E-state index contributed by atoms with van der Waals surface area (Å²) in [6.45, 7) is 2.51. The third-order valence-corrected chi connectivity index (χ3v) is 5.48. The number of anilines is 1. The van der Waals surface area contributed by atoms with Crippen molar-refractivity contribution >= 4 is 27.6 Å². The fourth-order valence-electron chi connectivity index (χ4n) is 2.31. The van der Waals surface area contributed by atoms with E-state index in [1.165, 1.54) is 12.1 Å². The number of nitriles is 1. The molecule has 0 heterocycles. The molecule has 152 valence electrons. The van der Waals surface area contributed by atoms with Crippen LogP contribution in [0.25, 0.3) is 0 Å². The molecule has 0 aliphatic heterocycles. The van der Waals surface area contributed by atoms with Crippen molar-refractivity contribution in [2.24, 2.45) is 0 Å². The van der Waals surface area contributed by atoms with Gasteiger partial charge in [0.2, 0.25) is 10.0 Å². The predicted octanol–water partition coefficient (Wildman–Crippen LogP) is 1.83. The number of esters is 1. The van der Waals surface area contributed by atoms with Crippen molar-refractivity contribution < 1.29 is 22.7 Å². The molecule has 29 heavy (non-hydrogen) atoms. The topological polar surface area (TPSA) is 125 Å². The molecular formula is C20H21N3O5S. The Labute approximate surface area is 169 Å². The lowest BCUT2D eigenvalue weighted by Crippen LogP contribution is -2.32. The predicted molar refractivity (Wildman–Crippen MR) is 106 cm³/mol. The van der Waals surface area contributed by atoms with Crippen molar-refractivity contribution in [2.75, 3.05) is 18.5 Å². The molecule has 0 bridgehead atoms. The van der Waals surface area contributed by atoms with Crippen LogP contribution in [-0.4, -0.2) is 33.4 Å². The highest BCUT2D eigenvalue weighted by molar-refractivity contribution is 7.89. The van der Waals surface area contributed by atoms with Crippen LogP contribution in [0, 0.1) is 25.2 Å². The molecule has 2 N–H and O–H groups in total. The van der Waals surface area contributed by atoms with Gasteiger partial charge in [-0.3, -0.25) is 9.59 Å². The second kappa shape index (κ2) is 9.82. The molecule has 2 aromatic rings. The summed E-state index contributed by atoms with van der Waals surface area (Å²) >= 11 is 0. The van der Waals surface area contributed by atoms with Gasteiger partial charge in [0, 0.05) is 5.69 Å². The molecule has 0 saturated heterocycles. The number of aryl methyl sites for hydroxylation is 2. The molecule has 0 fully saturated rings. The highest BCUT2D eigenvalue weighted by atomic mass is 32.2. The number of amides is 1. The van der Waals surface area contributed by atoms with E-state index in [0.29, 0.717) is 5.69 Å². The van der Waals surface area contributed by atoms with E-state index in [0.717, 1.165) is 16.7 Å². The van der Waals surface area contributed by atoms with Crippen LogP contribution < -0.4 is 10.0 Å². The van der Waals surface area contributed by atoms with Crippen LogP contribution >= 0.6 is 0 Å². The minimum atomic E-state index is -3.86. The lowest BCUT2D eigenvalue weighted by molar-refractivity contribution is -0.146. The molecule has 0 radical (unpaired) electrons. The maximum atomic E-state index is 12.2. The molecule has 0 spiro atoms. The summed E-state index contributed by atoms with van der Waals surface area (Å²) in [5.41, 5.74) is 3.07.